The van der Waals surface area contributed by atoms with E-state index in [0.717, 1.165) is 5.69 Å². The van der Waals surface area contributed by atoms with Crippen LogP contribution in [0.5, 0.6) is 0 Å². The number of nitrogens with zero attached hydrogens (tertiary/aromatic N) is 2. The van der Waals surface area contributed by atoms with Gasteiger partial charge in [0.15, 0.2) is 0 Å². The summed E-state index contributed by atoms with van der Waals surface area (Å²) in [4.78, 5) is 14.1. The minimum atomic E-state index is -0.342. The molecular formula is C13H21N3O3. The zero-order chi connectivity index (χ0) is 13.9. The average molecular weight is 267 g/mol. The minimum Gasteiger partial charge on any atom is -0.382 e. The molecule has 0 radical (unpaired) electrons. The Kier molecular flexibility index (Phi) is 4.21. The summed E-state index contributed by atoms with van der Waals surface area (Å²) >= 11 is 0. The number of methoxy groups -OCH3 is 1. The van der Waals surface area contributed by atoms with E-state index in [2.05, 4.69) is 10.2 Å². The van der Waals surface area contributed by atoms with Crippen LogP contribution < -0.4 is 0 Å². The zero-order valence-electron chi connectivity index (χ0n) is 11.7. The Balaban J connectivity index is 1.99. The number of H-pyrrole nitrogens is 1. The first-order chi connectivity index (χ1) is 9.00. The summed E-state index contributed by atoms with van der Waals surface area (Å²) in [6, 6.07) is 1.82. The molecule has 0 bridgehead atoms. The smallest absolute Gasteiger partial charge is 0.228 e. The summed E-state index contributed by atoms with van der Waals surface area (Å²) < 4.78 is 11.0. The van der Waals surface area contributed by atoms with E-state index in [0.29, 0.717) is 26.1 Å². The van der Waals surface area contributed by atoms with Crippen molar-refractivity contribution >= 4 is 5.91 Å². The molecule has 0 aromatic carbocycles. The van der Waals surface area contributed by atoms with Crippen molar-refractivity contribution in [2.45, 2.75) is 32.0 Å². The number of aromatic nitrogens is 2. The Morgan fingerprint density at radius 1 is 1.68 bits per heavy atom. The first-order valence-corrected chi connectivity index (χ1v) is 6.43. The van der Waals surface area contributed by atoms with Gasteiger partial charge in [0.2, 0.25) is 5.91 Å². The molecular weight excluding hydrogens is 246 g/mol. The molecule has 1 fully saturated rings. The van der Waals surface area contributed by atoms with Gasteiger partial charge in [-0.25, -0.2) is 0 Å². The molecule has 1 atom stereocenters. The van der Waals surface area contributed by atoms with Crippen molar-refractivity contribution in [2.75, 3.05) is 26.8 Å². The Hall–Kier alpha value is -1.40. The maximum absolute atomic E-state index is 12.3. The molecule has 19 heavy (non-hydrogen) atoms. The SMILES string of the molecule is COC[C@@H]1CN(C(=O)Cc2ccn[nH]2)CC(C)(C)O1. The van der Waals surface area contributed by atoms with Gasteiger partial charge in [-0.15, -0.1) is 0 Å². The summed E-state index contributed by atoms with van der Waals surface area (Å²) in [7, 11) is 1.64. The van der Waals surface area contributed by atoms with Crippen LogP contribution in [0.4, 0.5) is 0 Å². The second-order valence-electron chi connectivity index (χ2n) is 5.49. The normalized spacial score (nSPS) is 22.5. The van der Waals surface area contributed by atoms with Crippen LogP contribution in [-0.4, -0.2) is 59.5 Å². The number of ether oxygens (including phenoxy) is 2. The topological polar surface area (TPSA) is 67.5 Å². The van der Waals surface area contributed by atoms with Crippen LogP contribution in [0.1, 0.15) is 19.5 Å². The van der Waals surface area contributed by atoms with E-state index in [-0.39, 0.29) is 17.6 Å². The fourth-order valence-corrected chi connectivity index (χ4v) is 2.42. The summed E-state index contributed by atoms with van der Waals surface area (Å²) in [5.41, 5.74) is 0.489. The Morgan fingerprint density at radius 2 is 2.47 bits per heavy atom. The van der Waals surface area contributed by atoms with Gasteiger partial charge in [-0.2, -0.15) is 5.10 Å². The van der Waals surface area contributed by atoms with E-state index in [4.69, 9.17) is 9.47 Å². The second kappa shape index (κ2) is 5.71. The van der Waals surface area contributed by atoms with Crippen LogP contribution in [0.3, 0.4) is 0 Å². The van der Waals surface area contributed by atoms with E-state index in [1.54, 1.807) is 13.3 Å². The molecule has 1 aromatic heterocycles. The van der Waals surface area contributed by atoms with E-state index in [1.165, 1.54) is 0 Å². The van der Waals surface area contributed by atoms with Crippen LogP contribution in [0.25, 0.3) is 0 Å². The molecule has 0 unspecified atom stereocenters. The molecule has 6 nitrogen and oxygen atoms in total. The third-order valence-electron chi connectivity index (χ3n) is 3.09. The maximum atomic E-state index is 12.3. The van der Waals surface area contributed by atoms with Crippen LogP contribution in [0.15, 0.2) is 12.3 Å². The summed E-state index contributed by atoms with van der Waals surface area (Å²) in [6.07, 6.45) is 1.93. The molecule has 1 N–H and O–H groups in total. The third-order valence-corrected chi connectivity index (χ3v) is 3.09. The summed E-state index contributed by atoms with van der Waals surface area (Å²) in [5, 5.41) is 6.66. The highest BCUT2D eigenvalue weighted by Crippen LogP contribution is 2.21. The molecule has 106 valence electrons. The van der Waals surface area contributed by atoms with Crippen LogP contribution in [0.2, 0.25) is 0 Å². The van der Waals surface area contributed by atoms with Crippen molar-refractivity contribution in [2.24, 2.45) is 0 Å². The fourth-order valence-electron chi connectivity index (χ4n) is 2.42. The van der Waals surface area contributed by atoms with Crippen molar-refractivity contribution in [3.63, 3.8) is 0 Å². The van der Waals surface area contributed by atoms with Crippen LogP contribution in [0, 0.1) is 0 Å². The van der Waals surface area contributed by atoms with Gasteiger partial charge < -0.3 is 14.4 Å². The van der Waals surface area contributed by atoms with Crippen molar-refractivity contribution in [3.8, 4) is 0 Å². The van der Waals surface area contributed by atoms with Gasteiger partial charge in [-0.3, -0.25) is 9.89 Å². The summed E-state index contributed by atoms with van der Waals surface area (Å²) in [6.45, 7) is 5.65. The summed E-state index contributed by atoms with van der Waals surface area (Å²) in [5.74, 6) is 0.0849. The average Bonchev–Trinajstić information content (AvgIpc) is 2.80. The number of hydrogen-bond donors (Lipinski definition) is 1. The van der Waals surface area contributed by atoms with Gasteiger partial charge in [0.25, 0.3) is 0 Å². The number of nitrogens with one attached hydrogen (secondary N) is 1. The minimum absolute atomic E-state index is 0.0699. The Labute approximate surface area is 113 Å². The zero-order valence-corrected chi connectivity index (χ0v) is 11.7. The number of hydrogen-bond acceptors (Lipinski definition) is 4. The predicted molar refractivity (Wildman–Crippen MR) is 69.7 cm³/mol. The van der Waals surface area contributed by atoms with Gasteiger partial charge in [0.05, 0.1) is 24.7 Å². The van der Waals surface area contributed by atoms with Crippen LogP contribution in [-0.2, 0) is 20.7 Å². The van der Waals surface area contributed by atoms with Gasteiger partial charge >= 0.3 is 0 Å². The van der Waals surface area contributed by atoms with Crippen LogP contribution >= 0.6 is 0 Å². The monoisotopic (exact) mass is 267 g/mol. The number of amides is 1. The van der Waals surface area contributed by atoms with Gasteiger partial charge in [-0.1, -0.05) is 0 Å². The molecule has 0 spiro atoms. The molecule has 0 saturated carbocycles. The standard InChI is InChI=1S/C13H21N3O3/c1-13(2)9-16(7-11(19-13)8-18-3)12(17)6-10-4-5-14-15-10/h4-5,11H,6-9H2,1-3H3,(H,14,15)/t11-/m0/s1. The Morgan fingerprint density at radius 3 is 3.11 bits per heavy atom. The molecule has 0 aliphatic carbocycles. The number of aromatic amines is 1. The van der Waals surface area contributed by atoms with Crippen molar-refractivity contribution < 1.29 is 14.3 Å². The lowest BCUT2D eigenvalue weighted by atomic mass is 10.0. The number of carbonyl (C=O) groups excluding carboxylic acids is 1. The first-order valence-electron chi connectivity index (χ1n) is 6.43. The lowest BCUT2D eigenvalue weighted by molar-refractivity contribution is -0.168. The molecule has 1 aliphatic rings. The second-order valence-corrected chi connectivity index (χ2v) is 5.49. The van der Waals surface area contributed by atoms with Crippen molar-refractivity contribution in [3.05, 3.63) is 18.0 Å². The molecule has 2 heterocycles. The Bertz CT molecular complexity index is 417. The number of rotatable bonds is 4. The van der Waals surface area contributed by atoms with Crippen molar-refractivity contribution in [1.29, 1.82) is 0 Å². The van der Waals surface area contributed by atoms with E-state index in [1.807, 2.05) is 24.8 Å². The number of morpholine rings is 1. The number of carbonyl (C=O) groups is 1. The van der Waals surface area contributed by atoms with E-state index >= 15 is 0 Å². The molecule has 1 aliphatic heterocycles. The van der Waals surface area contributed by atoms with E-state index < -0.39 is 0 Å². The first kappa shape index (κ1) is 14.0. The quantitative estimate of drug-likeness (QED) is 0.867. The lowest BCUT2D eigenvalue weighted by Crippen LogP contribution is -2.56. The molecule has 1 saturated heterocycles. The molecule has 1 aromatic rings. The van der Waals surface area contributed by atoms with Crippen molar-refractivity contribution in [1.82, 2.24) is 15.1 Å². The highest BCUT2D eigenvalue weighted by atomic mass is 16.5. The van der Waals surface area contributed by atoms with Gasteiger partial charge in [0.1, 0.15) is 0 Å². The largest absolute Gasteiger partial charge is 0.382 e. The highest BCUT2D eigenvalue weighted by Gasteiger charge is 2.35. The molecule has 1 amide bonds. The highest BCUT2D eigenvalue weighted by molar-refractivity contribution is 5.78. The maximum Gasteiger partial charge on any atom is 0.228 e. The molecule has 2 rings (SSSR count). The van der Waals surface area contributed by atoms with Gasteiger partial charge in [-0.05, 0) is 19.9 Å². The van der Waals surface area contributed by atoms with Gasteiger partial charge in [0, 0.05) is 32.1 Å². The third kappa shape index (κ3) is 3.78. The lowest BCUT2D eigenvalue weighted by Gasteiger charge is -2.42. The molecule has 6 heteroatoms. The predicted octanol–water partition coefficient (Wildman–Crippen LogP) is 0.605. The fraction of sp³-hybridized carbons (Fsp3) is 0.692. The van der Waals surface area contributed by atoms with E-state index in [9.17, 15) is 4.79 Å².